The van der Waals surface area contributed by atoms with Crippen molar-refractivity contribution in [3.8, 4) is 11.3 Å². The van der Waals surface area contributed by atoms with Gasteiger partial charge in [-0.05, 0) is 42.2 Å². The zero-order valence-corrected chi connectivity index (χ0v) is 17.3. The number of hydrogen-bond donors (Lipinski definition) is 1. The monoisotopic (exact) mass is 395 g/mol. The number of aromatic nitrogens is 1. The van der Waals surface area contributed by atoms with Crippen LogP contribution >= 0.6 is 11.6 Å². The average molecular weight is 396 g/mol. The van der Waals surface area contributed by atoms with E-state index in [1.807, 2.05) is 24.3 Å². The number of nitrogens with one attached hydrogen (secondary N) is 1. The first kappa shape index (κ1) is 19.0. The minimum atomic E-state index is 0.552. The zero-order chi connectivity index (χ0) is 19.7. The molecule has 0 spiro atoms. The van der Waals surface area contributed by atoms with Gasteiger partial charge in [-0.1, -0.05) is 49.7 Å². The highest BCUT2D eigenvalue weighted by molar-refractivity contribution is 6.30. The van der Waals surface area contributed by atoms with E-state index in [2.05, 4.69) is 54.2 Å². The number of benzene rings is 2. The van der Waals surface area contributed by atoms with E-state index in [9.17, 15) is 0 Å². The Kier molecular flexibility index (Phi) is 5.42. The third kappa shape index (κ3) is 3.94. The van der Waals surface area contributed by atoms with Gasteiger partial charge < -0.3 is 9.73 Å². The second-order valence-corrected chi connectivity index (χ2v) is 8.25. The normalized spacial score (nSPS) is 15.0. The van der Waals surface area contributed by atoms with E-state index in [-0.39, 0.29) is 0 Å². The molecule has 0 saturated heterocycles. The van der Waals surface area contributed by atoms with E-state index in [0.29, 0.717) is 29.4 Å². The standard InChI is InChI=1S/C23H26ClN3O/c1-15(2)16(3)27-13-18-7-5-9-21(20(18)14-27)25-12-23-26-11-22(28-23)17-6-4-8-19(24)10-17/h4-11,15-16,25H,12-14H2,1-3H3. The van der Waals surface area contributed by atoms with E-state index in [4.69, 9.17) is 16.0 Å². The molecule has 0 aliphatic carbocycles. The fraction of sp³-hybridized carbons (Fsp3) is 0.348. The summed E-state index contributed by atoms with van der Waals surface area (Å²) in [6, 6.07) is 14.7. The van der Waals surface area contributed by atoms with Crippen LogP contribution in [0.1, 0.15) is 37.8 Å². The fourth-order valence-electron chi connectivity index (χ4n) is 3.66. The lowest BCUT2D eigenvalue weighted by atomic mass is 10.1. The molecule has 1 aromatic heterocycles. The molecule has 1 aliphatic heterocycles. The van der Waals surface area contributed by atoms with Gasteiger partial charge in [0, 0.05) is 35.4 Å². The number of rotatable bonds is 6. The van der Waals surface area contributed by atoms with E-state index in [1.54, 1.807) is 6.20 Å². The molecule has 4 nitrogen and oxygen atoms in total. The average Bonchev–Trinajstić information content (AvgIpc) is 3.33. The van der Waals surface area contributed by atoms with Crippen molar-refractivity contribution in [1.29, 1.82) is 0 Å². The highest BCUT2D eigenvalue weighted by atomic mass is 35.5. The van der Waals surface area contributed by atoms with Crippen molar-refractivity contribution in [2.24, 2.45) is 5.92 Å². The summed E-state index contributed by atoms with van der Waals surface area (Å²) in [5, 5.41) is 4.21. The molecular weight excluding hydrogens is 370 g/mol. The molecule has 2 heterocycles. The Balaban J connectivity index is 1.46. The van der Waals surface area contributed by atoms with Crippen molar-refractivity contribution >= 4 is 17.3 Å². The van der Waals surface area contributed by atoms with Gasteiger partial charge in [0.05, 0.1) is 12.7 Å². The van der Waals surface area contributed by atoms with Gasteiger partial charge in [-0.3, -0.25) is 4.90 Å². The quantitative estimate of drug-likeness (QED) is 0.558. The summed E-state index contributed by atoms with van der Waals surface area (Å²) in [6.45, 7) is 9.43. The van der Waals surface area contributed by atoms with Gasteiger partial charge in [0.15, 0.2) is 5.76 Å². The predicted molar refractivity (Wildman–Crippen MR) is 114 cm³/mol. The first-order valence-electron chi connectivity index (χ1n) is 9.80. The topological polar surface area (TPSA) is 41.3 Å². The van der Waals surface area contributed by atoms with Crippen molar-refractivity contribution < 1.29 is 4.42 Å². The lowest BCUT2D eigenvalue weighted by Crippen LogP contribution is -2.32. The number of oxazole rings is 1. The van der Waals surface area contributed by atoms with Crippen LogP contribution in [0.3, 0.4) is 0 Å². The Labute approximate surface area is 171 Å². The number of halogens is 1. The Morgan fingerprint density at radius 2 is 1.96 bits per heavy atom. The molecule has 3 aromatic rings. The third-order valence-electron chi connectivity index (χ3n) is 5.64. The Hall–Kier alpha value is -2.30. The van der Waals surface area contributed by atoms with Gasteiger partial charge in [-0.2, -0.15) is 0 Å². The largest absolute Gasteiger partial charge is 0.439 e. The molecule has 0 bridgehead atoms. The Morgan fingerprint density at radius 1 is 1.14 bits per heavy atom. The number of hydrogen-bond acceptors (Lipinski definition) is 4. The summed E-state index contributed by atoms with van der Waals surface area (Å²) < 4.78 is 5.91. The number of anilines is 1. The maximum Gasteiger partial charge on any atom is 0.214 e. The van der Waals surface area contributed by atoms with Crippen LogP contribution in [0, 0.1) is 5.92 Å². The van der Waals surface area contributed by atoms with Crippen molar-refractivity contribution in [2.45, 2.75) is 46.4 Å². The van der Waals surface area contributed by atoms with E-state index in [1.165, 1.54) is 16.8 Å². The van der Waals surface area contributed by atoms with Gasteiger partial charge in [0.25, 0.3) is 0 Å². The summed E-state index contributed by atoms with van der Waals surface area (Å²) in [7, 11) is 0. The van der Waals surface area contributed by atoms with Gasteiger partial charge in [-0.15, -0.1) is 0 Å². The molecule has 1 aliphatic rings. The first-order valence-corrected chi connectivity index (χ1v) is 10.2. The molecule has 1 atom stereocenters. The summed E-state index contributed by atoms with van der Waals surface area (Å²) >= 11 is 6.07. The molecule has 28 heavy (non-hydrogen) atoms. The summed E-state index contributed by atoms with van der Waals surface area (Å²) in [5.74, 6) is 2.04. The maximum absolute atomic E-state index is 6.07. The second-order valence-electron chi connectivity index (χ2n) is 7.82. The highest BCUT2D eigenvalue weighted by Gasteiger charge is 2.26. The lowest BCUT2D eigenvalue weighted by molar-refractivity contribution is 0.170. The van der Waals surface area contributed by atoms with Crippen LogP contribution in [0.2, 0.25) is 5.02 Å². The van der Waals surface area contributed by atoms with Gasteiger partial charge in [-0.25, -0.2) is 4.98 Å². The van der Waals surface area contributed by atoms with Crippen molar-refractivity contribution in [1.82, 2.24) is 9.88 Å². The molecule has 0 amide bonds. The minimum absolute atomic E-state index is 0.552. The van der Waals surface area contributed by atoms with E-state index >= 15 is 0 Å². The number of fused-ring (bicyclic) bond motifs is 1. The molecule has 0 radical (unpaired) electrons. The molecule has 0 fully saturated rings. The molecule has 2 aromatic carbocycles. The van der Waals surface area contributed by atoms with Crippen LogP contribution in [-0.4, -0.2) is 15.9 Å². The van der Waals surface area contributed by atoms with Crippen molar-refractivity contribution in [3.63, 3.8) is 0 Å². The Bertz CT molecular complexity index is 966. The fourth-order valence-corrected chi connectivity index (χ4v) is 3.85. The van der Waals surface area contributed by atoms with Gasteiger partial charge in [0.2, 0.25) is 5.89 Å². The summed E-state index contributed by atoms with van der Waals surface area (Å²) in [5.41, 5.74) is 4.89. The summed E-state index contributed by atoms with van der Waals surface area (Å²) in [4.78, 5) is 6.96. The second kappa shape index (κ2) is 7.98. The molecule has 5 heteroatoms. The highest BCUT2D eigenvalue weighted by Crippen LogP contribution is 2.32. The zero-order valence-electron chi connectivity index (χ0n) is 16.6. The smallest absolute Gasteiger partial charge is 0.214 e. The SMILES string of the molecule is CC(C)C(C)N1Cc2cccc(NCc3ncc(-c4cccc(Cl)c4)o3)c2C1. The van der Waals surface area contributed by atoms with Crippen LogP contribution in [0.4, 0.5) is 5.69 Å². The van der Waals surface area contributed by atoms with Crippen molar-refractivity contribution in [2.75, 3.05) is 5.32 Å². The molecule has 1 unspecified atom stereocenters. The van der Waals surface area contributed by atoms with Crippen LogP contribution in [0.25, 0.3) is 11.3 Å². The third-order valence-corrected chi connectivity index (χ3v) is 5.88. The maximum atomic E-state index is 6.07. The number of nitrogens with zero attached hydrogens (tertiary/aromatic N) is 2. The molecular formula is C23H26ClN3O. The molecule has 146 valence electrons. The predicted octanol–water partition coefficient (Wildman–Crippen LogP) is 5.97. The van der Waals surface area contributed by atoms with E-state index < -0.39 is 0 Å². The van der Waals surface area contributed by atoms with Crippen LogP contribution in [0.15, 0.2) is 53.1 Å². The molecule has 4 rings (SSSR count). The Morgan fingerprint density at radius 3 is 2.75 bits per heavy atom. The van der Waals surface area contributed by atoms with Crippen LogP contribution in [0.5, 0.6) is 0 Å². The van der Waals surface area contributed by atoms with E-state index in [0.717, 1.165) is 24.4 Å². The van der Waals surface area contributed by atoms with Crippen LogP contribution in [-0.2, 0) is 19.6 Å². The summed E-state index contributed by atoms with van der Waals surface area (Å²) in [6.07, 6.45) is 1.75. The lowest BCUT2D eigenvalue weighted by Gasteiger charge is -2.27. The minimum Gasteiger partial charge on any atom is -0.439 e. The van der Waals surface area contributed by atoms with Crippen LogP contribution < -0.4 is 5.32 Å². The van der Waals surface area contributed by atoms with Gasteiger partial charge >= 0.3 is 0 Å². The molecule has 1 N–H and O–H groups in total. The van der Waals surface area contributed by atoms with Crippen molar-refractivity contribution in [3.05, 3.63) is 70.7 Å². The van der Waals surface area contributed by atoms with Gasteiger partial charge in [0.1, 0.15) is 0 Å². The molecule has 0 saturated carbocycles. The first-order chi connectivity index (χ1) is 13.5.